The van der Waals surface area contributed by atoms with E-state index in [1.165, 1.54) is 0 Å². The number of nitriles is 2. The van der Waals surface area contributed by atoms with Gasteiger partial charge in [0.25, 0.3) is 5.91 Å². The van der Waals surface area contributed by atoms with E-state index in [4.69, 9.17) is 10.5 Å². The Bertz CT molecular complexity index is 719. The second-order valence-corrected chi connectivity index (χ2v) is 6.07. The molecule has 1 heterocycles. The SMILES string of the molecule is N#CCC[C@H](C#N)CN1C(=O)NC2(Cc3ccccc3C2)C1=O. The van der Waals surface area contributed by atoms with E-state index in [9.17, 15) is 9.59 Å². The zero-order valence-electron chi connectivity index (χ0n) is 12.6. The monoisotopic (exact) mass is 308 g/mol. The number of hydrogen-bond acceptors (Lipinski definition) is 4. The first-order valence-corrected chi connectivity index (χ1v) is 7.57. The lowest BCUT2D eigenvalue weighted by atomic mass is 9.95. The summed E-state index contributed by atoms with van der Waals surface area (Å²) in [5.74, 6) is -0.779. The molecule has 3 amide bonds. The van der Waals surface area contributed by atoms with Gasteiger partial charge < -0.3 is 5.32 Å². The summed E-state index contributed by atoms with van der Waals surface area (Å²) in [5.41, 5.74) is 1.24. The lowest BCUT2D eigenvalue weighted by Gasteiger charge is -2.21. The fourth-order valence-electron chi connectivity index (χ4n) is 3.35. The Kier molecular flexibility index (Phi) is 3.75. The van der Waals surface area contributed by atoms with Gasteiger partial charge in [-0.05, 0) is 17.5 Å². The van der Waals surface area contributed by atoms with Gasteiger partial charge in [-0.2, -0.15) is 10.5 Å². The van der Waals surface area contributed by atoms with Crippen molar-refractivity contribution in [3.63, 3.8) is 0 Å². The molecular formula is C17H16N4O2. The van der Waals surface area contributed by atoms with Crippen LogP contribution in [0.4, 0.5) is 4.79 Å². The third-order valence-corrected chi connectivity index (χ3v) is 4.54. The number of hydrogen-bond donors (Lipinski definition) is 1. The minimum Gasteiger partial charge on any atom is -0.322 e. The van der Waals surface area contributed by atoms with E-state index in [-0.39, 0.29) is 18.9 Å². The zero-order chi connectivity index (χ0) is 16.4. The molecule has 6 nitrogen and oxygen atoms in total. The second kappa shape index (κ2) is 5.73. The smallest absolute Gasteiger partial charge is 0.322 e. The van der Waals surface area contributed by atoms with E-state index in [2.05, 4.69) is 11.4 Å². The number of carbonyl (C=O) groups is 2. The van der Waals surface area contributed by atoms with Crippen molar-refractivity contribution in [3.8, 4) is 12.1 Å². The Morgan fingerprint density at radius 2 is 1.87 bits per heavy atom. The maximum absolute atomic E-state index is 12.8. The minimum atomic E-state index is -0.907. The number of nitrogens with zero attached hydrogens (tertiary/aromatic N) is 3. The number of nitrogens with one attached hydrogen (secondary N) is 1. The van der Waals surface area contributed by atoms with Gasteiger partial charge in [0.2, 0.25) is 0 Å². The molecule has 1 saturated heterocycles. The van der Waals surface area contributed by atoms with Crippen LogP contribution < -0.4 is 5.32 Å². The summed E-state index contributed by atoms with van der Waals surface area (Å²) in [6, 6.07) is 11.4. The van der Waals surface area contributed by atoms with E-state index >= 15 is 0 Å². The fourth-order valence-corrected chi connectivity index (χ4v) is 3.35. The van der Waals surface area contributed by atoms with E-state index in [0.29, 0.717) is 19.3 Å². The van der Waals surface area contributed by atoms with Gasteiger partial charge in [0.15, 0.2) is 0 Å². The van der Waals surface area contributed by atoms with Crippen molar-refractivity contribution in [1.82, 2.24) is 10.2 Å². The molecule has 2 aliphatic rings. The van der Waals surface area contributed by atoms with Crippen molar-refractivity contribution in [2.45, 2.75) is 31.2 Å². The molecule has 0 unspecified atom stereocenters. The minimum absolute atomic E-state index is 0.0426. The van der Waals surface area contributed by atoms with Crippen LogP contribution in [0.1, 0.15) is 24.0 Å². The standard InChI is InChI=1S/C17H16N4O2/c18-7-3-4-12(10-19)11-21-15(22)17(20-16(21)23)8-13-5-1-2-6-14(13)9-17/h1-2,5-6,12H,3-4,8-9,11H2,(H,20,23)/t12-/m1/s1. The fraction of sp³-hybridized carbons (Fsp3) is 0.412. The molecule has 1 atom stereocenters. The summed E-state index contributed by atoms with van der Waals surface area (Å²) in [6.45, 7) is 0.0426. The number of amides is 3. The zero-order valence-corrected chi connectivity index (χ0v) is 12.6. The number of carbonyl (C=O) groups excluding carboxylic acids is 2. The van der Waals surface area contributed by atoms with Crippen molar-refractivity contribution < 1.29 is 9.59 Å². The third kappa shape index (κ3) is 2.53. The van der Waals surface area contributed by atoms with Crippen LogP contribution in [-0.2, 0) is 17.6 Å². The first-order valence-electron chi connectivity index (χ1n) is 7.57. The molecule has 1 aliphatic carbocycles. The van der Waals surface area contributed by atoms with Crippen LogP contribution in [0.2, 0.25) is 0 Å². The Hall–Kier alpha value is -2.86. The second-order valence-electron chi connectivity index (χ2n) is 6.07. The predicted octanol–water partition coefficient (Wildman–Crippen LogP) is 1.52. The van der Waals surface area contributed by atoms with Crippen molar-refractivity contribution in [1.29, 1.82) is 10.5 Å². The van der Waals surface area contributed by atoms with Gasteiger partial charge in [0.05, 0.1) is 18.1 Å². The van der Waals surface area contributed by atoms with Crippen LogP contribution in [0.5, 0.6) is 0 Å². The molecule has 23 heavy (non-hydrogen) atoms. The molecule has 1 spiro atoms. The normalized spacial score (nSPS) is 19.1. The van der Waals surface area contributed by atoms with Crippen LogP contribution in [0.3, 0.4) is 0 Å². The summed E-state index contributed by atoms with van der Waals surface area (Å²) >= 11 is 0. The van der Waals surface area contributed by atoms with E-state index in [1.807, 2.05) is 30.3 Å². The van der Waals surface area contributed by atoms with Crippen molar-refractivity contribution in [2.75, 3.05) is 6.54 Å². The molecule has 1 aromatic carbocycles. The highest BCUT2D eigenvalue weighted by Gasteiger charge is 2.54. The van der Waals surface area contributed by atoms with E-state index in [1.54, 1.807) is 0 Å². The van der Waals surface area contributed by atoms with Crippen LogP contribution in [0.15, 0.2) is 24.3 Å². The molecule has 1 fully saturated rings. The molecule has 0 aromatic heterocycles. The summed E-state index contributed by atoms with van der Waals surface area (Å²) in [7, 11) is 0. The van der Waals surface area contributed by atoms with Crippen molar-refractivity contribution in [3.05, 3.63) is 35.4 Å². The quantitative estimate of drug-likeness (QED) is 0.853. The first kappa shape index (κ1) is 15.1. The van der Waals surface area contributed by atoms with Crippen molar-refractivity contribution in [2.24, 2.45) is 5.92 Å². The lowest BCUT2D eigenvalue weighted by Crippen LogP contribution is -2.48. The number of imide groups is 1. The van der Waals surface area contributed by atoms with Crippen LogP contribution in [-0.4, -0.2) is 28.9 Å². The summed E-state index contributed by atoms with van der Waals surface area (Å²) < 4.78 is 0. The molecule has 0 bridgehead atoms. The summed E-state index contributed by atoms with van der Waals surface area (Å²) in [6.07, 6.45) is 1.56. The Morgan fingerprint density at radius 1 is 1.22 bits per heavy atom. The number of rotatable bonds is 4. The van der Waals surface area contributed by atoms with Gasteiger partial charge in [0.1, 0.15) is 5.54 Å². The topological polar surface area (TPSA) is 97.0 Å². The number of fused-ring (bicyclic) bond motifs is 1. The highest BCUT2D eigenvalue weighted by molar-refractivity contribution is 6.07. The largest absolute Gasteiger partial charge is 0.325 e. The molecule has 6 heteroatoms. The van der Waals surface area contributed by atoms with Gasteiger partial charge in [-0.15, -0.1) is 0 Å². The Morgan fingerprint density at radius 3 is 2.43 bits per heavy atom. The summed E-state index contributed by atoms with van der Waals surface area (Å²) in [5, 5.41) is 20.6. The average molecular weight is 308 g/mol. The van der Waals surface area contributed by atoms with E-state index in [0.717, 1.165) is 16.0 Å². The molecular weight excluding hydrogens is 292 g/mol. The molecule has 1 N–H and O–H groups in total. The maximum atomic E-state index is 12.8. The van der Waals surface area contributed by atoms with Crippen LogP contribution >= 0.6 is 0 Å². The van der Waals surface area contributed by atoms with Gasteiger partial charge in [-0.3, -0.25) is 9.69 Å². The maximum Gasteiger partial charge on any atom is 0.325 e. The van der Waals surface area contributed by atoms with Gasteiger partial charge in [0, 0.05) is 25.8 Å². The lowest BCUT2D eigenvalue weighted by molar-refractivity contribution is -0.131. The first-order chi connectivity index (χ1) is 11.1. The van der Waals surface area contributed by atoms with Gasteiger partial charge >= 0.3 is 6.03 Å². The van der Waals surface area contributed by atoms with Crippen LogP contribution in [0, 0.1) is 28.6 Å². The predicted molar refractivity (Wildman–Crippen MR) is 80.8 cm³/mol. The molecule has 116 valence electrons. The highest BCUT2D eigenvalue weighted by Crippen LogP contribution is 2.35. The third-order valence-electron chi connectivity index (χ3n) is 4.54. The molecule has 0 saturated carbocycles. The van der Waals surface area contributed by atoms with Gasteiger partial charge in [-0.1, -0.05) is 24.3 Å². The summed E-state index contributed by atoms with van der Waals surface area (Å²) in [4.78, 5) is 26.2. The Balaban J connectivity index is 1.77. The number of benzene rings is 1. The van der Waals surface area contributed by atoms with Crippen molar-refractivity contribution >= 4 is 11.9 Å². The highest BCUT2D eigenvalue weighted by atomic mass is 16.2. The van der Waals surface area contributed by atoms with Crippen LogP contribution in [0.25, 0.3) is 0 Å². The average Bonchev–Trinajstić information content (AvgIpc) is 3.02. The molecule has 1 aromatic rings. The molecule has 0 radical (unpaired) electrons. The van der Waals surface area contributed by atoms with Gasteiger partial charge in [-0.25, -0.2) is 4.79 Å². The Labute approximate surface area is 134 Å². The molecule has 1 aliphatic heterocycles. The molecule has 3 rings (SSSR count). The van der Waals surface area contributed by atoms with E-state index < -0.39 is 17.5 Å². The number of urea groups is 1.